The first-order valence-corrected chi connectivity index (χ1v) is 7.13. The van der Waals surface area contributed by atoms with Gasteiger partial charge in [-0.05, 0) is 19.1 Å². The number of aromatic nitrogens is 2. The number of amides is 2. The van der Waals surface area contributed by atoms with Gasteiger partial charge in [0.15, 0.2) is 0 Å². The van der Waals surface area contributed by atoms with Gasteiger partial charge in [-0.1, -0.05) is 6.07 Å². The molecule has 0 spiro atoms. The summed E-state index contributed by atoms with van der Waals surface area (Å²) in [4.78, 5) is 31.9. The summed E-state index contributed by atoms with van der Waals surface area (Å²) in [6.07, 6.45) is 1.40. The average molecular weight is 330 g/mol. The van der Waals surface area contributed by atoms with Crippen molar-refractivity contribution < 1.29 is 19.1 Å². The normalized spacial score (nSPS) is 9.96. The van der Waals surface area contributed by atoms with Crippen molar-refractivity contribution in [1.29, 1.82) is 0 Å². The smallest absolute Gasteiger partial charge is 0.313 e. The SMILES string of the molecule is COc1ccc(NC(=O)C(=O)NCc2ccc(C)nc2OC)cn1. The fourth-order valence-corrected chi connectivity index (χ4v) is 1.89. The highest BCUT2D eigenvalue weighted by molar-refractivity contribution is 6.39. The van der Waals surface area contributed by atoms with Crippen molar-refractivity contribution >= 4 is 17.5 Å². The third kappa shape index (κ3) is 4.42. The molecule has 0 saturated carbocycles. The molecule has 2 amide bonds. The molecule has 0 saturated heterocycles. The number of aryl methyl sites for hydroxylation is 1. The molecule has 0 bridgehead atoms. The fourth-order valence-electron chi connectivity index (χ4n) is 1.89. The van der Waals surface area contributed by atoms with Crippen molar-refractivity contribution in [3.8, 4) is 11.8 Å². The number of rotatable bonds is 5. The Labute approximate surface area is 139 Å². The first kappa shape index (κ1) is 17.2. The van der Waals surface area contributed by atoms with Gasteiger partial charge in [-0.2, -0.15) is 0 Å². The molecule has 0 aliphatic heterocycles. The summed E-state index contributed by atoms with van der Waals surface area (Å²) in [5, 5.41) is 4.97. The van der Waals surface area contributed by atoms with Gasteiger partial charge in [-0.25, -0.2) is 9.97 Å². The van der Waals surface area contributed by atoms with E-state index < -0.39 is 11.8 Å². The van der Waals surface area contributed by atoms with Crippen LogP contribution >= 0.6 is 0 Å². The standard InChI is InChI=1S/C16H18N4O4/c1-10-4-5-11(16(19-10)24-3)8-18-14(21)15(22)20-12-6-7-13(23-2)17-9-12/h4-7,9H,8H2,1-3H3,(H,18,21)(H,20,22). The van der Waals surface area contributed by atoms with Crippen LogP contribution in [-0.4, -0.2) is 36.0 Å². The number of carbonyl (C=O) groups excluding carboxylic acids is 2. The van der Waals surface area contributed by atoms with Crippen molar-refractivity contribution in [3.05, 3.63) is 41.7 Å². The summed E-state index contributed by atoms with van der Waals surface area (Å²) in [5.41, 5.74) is 1.87. The summed E-state index contributed by atoms with van der Waals surface area (Å²) in [6.45, 7) is 1.96. The zero-order valence-corrected chi connectivity index (χ0v) is 13.6. The monoisotopic (exact) mass is 330 g/mol. The second kappa shape index (κ2) is 7.91. The predicted octanol–water partition coefficient (Wildman–Crippen LogP) is 1.06. The van der Waals surface area contributed by atoms with Gasteiger partial charge >= 0.3 is 11.8 Å². The predicted molar refractivity (Wildman–Crippen MR) is 86.8 cm³/mol. The molecule has 2 N–H and O–H groups in total. The van der Waals surface area contributed by atoms with Crippen molar-refractivity contribution in [1.82, 2.24) is 15.3 Å². The molecule has 126 valence electrons. The Morgan fingerprint density at radius 3 is 2.50 bits per heavy atom. The Balaban J connectivity index is 1.93. The van der Waals surface area contributed by atoms with Crippen LogP contribution in [0.15, 0.2) is 30.5 Å². The highest BCUT2D eigenvalue weighted by Crippen LogP contribution is 2.15. The van der Waals surface area contributed by atoms with Gasteiger partial charge in [0.05, 0.1) is 26.1 Å². The second-order valence-electron chi connectivity index (χ2n) is 4.85. The molecule has 0 unspecified atom stereocenters. The fraction of sp³-hybridized carbons (Fsp3) is 0.250. The van der Waals surface area contributed by atoms with E-state index in [1.165, 1.54) is 20.4 Å². The molecule has 0 radical (unpaired) electrons. The summed E-state index contributed by atoms with van der Waals surface area (Å²) in [5.74, 6) is -0.735. The molecule has 2 rings (SSSR count). The van der Waals surface area contributed by atoms with E-state index in [9.17, 15) is 9.59 Å². The molecule has 0 aliphatic rings. The lowest BCUT2D eigenvalue weighted by molar-refractivity contribution is -0.136. The number of anilines is 1. The summed E-state index contributed by atoms with van der Waals surface area (Å²) >= 11 is 0. The van der Waals surface area contributed by atoms with E-state index >= 15 is 0 Å². The lowest BCUT2D eigenvalue weighted by Crippen LogP contribution is -2.35. The van der Waals surface area contributed by atoms with E-state index in [2.05, 4.69) is 20.6 Å². The molecule has 2 aromatic heterocycles. The Morgan fingerprint density at radius 2 is 1.88 bits per heavy atom. The summed E-state index contributed by atoms with van der Waals surface area (Å²) < 4.78 is 10.1. The minimum atomic E-state index is -0.791. The molecular weight excluding hydrogens is 312 g/mol. The van der Waals surface area contributed by atoms with Gasteiger partial charge in [0.25, 0.3) is 0 Å². The van der Waals surface area contributed by atoms with Gasteiger partial charge in [0.1, 0.15) is 0 Å². The first-order chi connectivity index (χ1) is 11.5. The number of nitrogens with one attached hydrogen (secondary N) is 2. The van der Waals surface area contributed by atoms with Gasteiger partial charge in [-0.15, -0.1) is 0 Å². The van der Waals surface area contributed by atoms with Crippen LogP contribution in [-0.2, 0) is 16.1 Å². The number of hydrogen-bond acceptors (Lipinski definition) is 6. The van der Waals surface area contributed by atoms with Gasteiger partial charge in [0.2, 0.25) is 11.8 Å². The largest absolute Gasteiger partial charge is 0.481 e. The number of carbonyl (C=O) groups is 2. The van der Waals surface area contributed by atoms with E-state index in [-0.39, 0.29) is 6.54 Å². The van der Waals surface area contributed by atoms with Crippen LogP contribution < -0.4 is 20.1 Å². The van der Waals surface area contributed by atoms with Crippen LogP contribution in [0.3, 0.4) is 0 Å². The topological polar surface area (TPSA) is 102 Å². The van der Waals surface area contributed by atoms with E-state index in [1.807, 2.05) is 6.92 Å². The minimum Gasteiger partial charge on any atom is -0.481 e. The van der Waals surface area contributed by atoms with Crippen molar-refractivity contribution in [3.63, 3.8) is 0 Å². The third-order valence-corrected chi connectivity index (χ3v) is 3.12. The molecule has 2 heterocycles. The summed E-state index contributed by atoms with van der Waals surface area (Å²) in [7, 11) is 2.98. The van der Waals surface area contributed by atoms with Crippen molar-refractivity contribution in [2.24, 2.45) is 0 Å². The summed E-state index contributed by atoms with van der Waals surface area (Å²) in [6, 6.07) is 6.75. The Morgan fingerprint density at radius 1 is 1.08 bits per heavy atom. The first-order valence-electron chi connectivity index (χ1n) is 7.13. The second-order valence-corrected chi connectivity index (χ2v) is 4.85. The highest BCUT2D eigenvalue weighted by atomic mass is 16.5. The molecule has 0 fully saturated rings. The lowest BCUT2D eigenvalue weighted by Gasteiger charge is -2.10. The molecule has 8 heteroatoms. The Hall–Kier alpha value is -3.16. The van der Waals surface area contributed by atoms with Crippen LogP contribution in [0.4, 0.5) is 5.69 Å². The van der Waals surface area contributed by atoms with E-state index in [1.54, 1.807) is 24.3 Å². The molecule has 0 atom stereocenters. The quantitative estimate of drug-likeness (QED) is 0.795. The maximum atomic E-state index is 11.9. The number of methoxy groups -OCH3 is 2. The number of pyridine rings is 2. The van der Waals surface area contributed by atoms with Gasteiger partial charge in [0, 0.05) is 23.9 Å². The molecule has 24 heavy (non-hydrogen) atoms. The minimum absolute atomic E-state index is 0.129. The Bertz CT molecular complexity index is 731. The molecule has 0 aromatic carbocycles. The molecule has 0 aliphatic carbocycles. The average Bonchev–Trinajstić information content (AvgIpc) is 2.60. The van der Waals surface area contributed by atoms with Crippen LogP contribution in [0.2, 0.25) is 0 Å². The number of nitrogens with zero attached hydrogens (tertiary/aromatic N) is 2. The number of hydrogen-bond donors (Lipinski definition) is 2. The van der Waals surface area contributed by atoms with E-state index in [0.717, 1.165) is 5.69 Å². The van der Waals surface area contributed by atoms with Crippen molar-refractivity contribution in [2.75, 3.05) is 19.5 Å². The molecule has 8 nitrogen and oxygen atoms in total. The van der Waals surface area contributed by atoms with E-state index in [0.29, 0.717) is 23.0 Å². The maximum Gasteiger partial charge on any atom is 0.313 e. The Kier molecular flexibility index (Phi) is 5.67. The van der Waals surface area contributed by atoms with Crippen LogP contribution in [0.25, 0.3) is 0 Å². The zero-order chi connectivity index (χ0) is 17.5. The lowest BCUT2D eigenvalue weighted by atomic mass is 10.2. The van der Waals surface area contributed by atoms with Gasteiger partial charge < -0.3 is 20.1 Å². The van der Waals surface area contributed by atoms with Crippen molar-refractivity contribution in [2.45, 2.75) is 13.5 Å². The van der Waals surface area contributed by atoms with Gasteiger partial charge in [-0.3, -0.25) is 9.59 Å². The van der Waals surface area contributed by atoms with Crippen LogP contribution in [0, 0.1) is 6.92 Å². The maximum absolute atomic E-state index is 11.9. The molecular formula is C16H18N4O4. The van der Waals surface area contributed by atoms with E-state index in [4.69, 9.17) is 9.47 Å². The number of ether oxygens (including phenoxy) is 2. The van der Waals surface area contributed by atoms with Crippen LogP contribution in [0.5, 0.6) is 11.8 Å². The third-order valence-electron chi connectivity index (χ3n) is 3.12. The highest BCUT2D eigenvalue weighted by Gasteiger charge is 2.15. The van der Waals surface area contributed by atoms with Crippen LogP contribution in [0.1, 0.15) is 11.3 Å². The molecule has 2 aromatic rings. The zero-order valence-electron chi connectivity index (χ0n) is 13.6.